The Balaban J connectivity index is 1.42. The quantitative estimate of drug-likeness (QED) is 0.414. The Morgan fingerprint density at radius 1 is 1.09 bits per heavy atom. The molecular weight excluding hydrogens is 417 g/mol. The van der Waals surface area contributed by atoms with Gasteiger partial charge in [-0.1, -0.05) is 29.4 Å². The topological polar surface area (TPSA) is 68.8 Å². The molecule has 3 aromatic heterocycles. The second-order valence-corrected chi connectivity index (χ2v) is 8.87. The van der Waals surface area contributed by atoms with Crippen LogP contribution in [0, 0.1) is 6.92 Å². The first-order valence-corrected chi connectivity index (χ1v) is 11.4. The Morgan fingerprint density at radius 2 is 1.88 bits per heavy atom. The first-order chi connectivity index (χ1) is 15.6. The number of aromatic nitrogens is 4. The third kappa shape index (κ3) is 4.97. The fourth-order valence-corrected chi connectivity index (χ4v) is 3.94. The Kier molecular flexibility index (Phi) is 5.87. The Morgan fingerprint density at radius 3 is 2.56 bits per heavy atom. The molecule has 6 nitrogen and oxygen atoms in total. The lowest BCUT2D eigenvalue weighted by Gasteiger charge is -2.13. The summed E-state index contributed by atoms with van der Waals surface area (Å²) in [5.41, 5.74) is 8.08. The van der Waals surface area contributed by atoms with Crippen LogP contribution in [0.2, 0.25) is 0 Å². The van der Waals surface area contributed by atoms with E-state index < -0.39 is 0 Å². The van der Waals surface area contributed by atoms with Crippen LogP contribution in [0.5, 0.6) is 0 Å². The standard InChI is InChI=1S/C25H26N5OP/c1-17-12-22(31-29-17)15-27-25(19-4-5-19)16-30-21(13-18-2-6-23(32)7-3-18)14-24(28-30)20-8-10-26-11-9-20/h2-3,6-12,14,27H,4-5,13,15-16,32H2,1H3. The van der Waals surface area contributed by atoms with Crippen LogP contribution in [0.1, 0.15) is 35.6 Å². The molecule has 162 valence electrons. The van der Waals surface area contributed by atoms with Gasteiger partial charge in [0.1, 0.15) is 0 Å². The van der Waals surface area contributed by atoms with Crippen LogP contribution >= 0.6 is 9.24 Å². The molecule has 0 spiro atoms. The van der Waals surface area contributed by atoms with Crippen LogP contribution in [-0.2, 0) is 19.5 Å². The molecule has 0 bridgehead atoms. The van der Waals surface area contributed by atoms with Gasteiger partial charge in [0.15, 0.2) is 5.76 Å². The van der Waals surface area contributed by atoms with Gasteiger partial charge in [0.2, 0.25) is 0 Å². The van der Waals surface area contributed by atoms with Gasteiger partial charge in [-0.3, -0.25) is 9.67 Å². The predicted molar refractivity (Wildman–Crippen MR) is 128 cm³/mol. The molecule has 0 amide bonds. The molecule has 1 saturated carbocycles. The highest BCUT2D eigenvalue weighted by Gasteiger charge is 2.20. The summed E-state index contributed by atoms with van der Waals surface area (Å²) >= 11 is 0. The number of hydrogen-bond acceptors (Lipinski definition) is 5. The van der Waals surface area contributed by atoms with E-state index in [0.29, 0.717) is 13.1 Å². The molecule has 0 saturated heterocycles. The van der Waals surface area contributed by atoms with Crippen LogP contribution in [0.4, 0.5) is 0 Å². The molecule has 1 fully saturated rings. The lowest BCUT2D eigenvalue weighted by atomic mass is 10.1. The molecule has 0 aliphatic heterocycles. The van der Waals surface area contributed by atoms with Crippen LogP contribution in [0.25, 0.3) is 11.3 Å². The fraction of sp³-hybridized carbons (Fsp3) is 0.240. The van der Waals surface area contributed by atoms with Gasteiger partial charge in [-0.2, -0.15) is 5.10 Å². The number of nitrogens with one attached hydrogen (secondary N) is 1. The third-order valence-corrected chi connectivity index (χ3v) is 5.98. The average molecular weight is 443 g/mol. The van der Waals surface area contributed by atoms with Crippen molar-refractivity contribution in [2.24, 2.45) is 0 Å². The van der Waals surface area contributed by atoms with Gasteiger partial charge in [-0.15, -0.1) is 9.24 Å². The molecule has 5 rings (SSSR count). The molecular formula is C25H26N5OP. The molecule has 7 heteroatoms. The third-order valence-electron chi connectivity index (χ3n) is 5.59. The molecule has 1 atom stereocenters. The highest BCUT2D eigenvalue weighted by Crippen LogP contribution is 2.32. The highest BCUT2D eigenvalue weighted by molar-refractivity contribution is 7.27. The largest absolute Gasteiger partial charge is 0.379 e. The van der Waals surface area contributed by atoms with Crippen LogP contribution in [-0.4, -0.2) is 19.9 Å². The van der Waals surface area contributed by atoms with E-state index in [2.05, 4.69) is 59.7 Å². The molecule has 1 unspecified atom stereocenters. The molecule has 1 aromatic carbocycles. The highest BCUT2D eigenvalue weighted by atomic mass is 31.0. The maximum Gasteiger partial charge on any atom is 0.155 e. The number of nitrogens with zero attached hydrogens (tertiary/aromatic N) is 4. The summed E-state index contributed by atoms with van der Waals surface area (Å²) in [6.45, 7) is 3.28. The molecule has 1 aliphatic rings. The number of benzene rings is 1. The van der Waals surface area contributed by atoms with Crippen LogP contribution < -0.4 is 10.6 Å². The summed E-state index contributed by atoms with van der Waals surface area (Å²) in [5.74, 6) is 0.844. The van der Waals surface area contributed by atoms with Crippen molar-refractivity contribution in [1.82, 2.24) is 25.2 Å². The number of rotatable bonds is 8. The molecule has 4 aromatic rings. The van der Waals surface area contributed by atoms with Crippen molar-refractivity contribution in [3.05, 3.63) is 94.9 Å². The van der Waals surface area contributed by atoms with Crippen molar-refractivity contribution < 1.29 is 4.52 Å². The Bertz CT molecular complexity index is 1240. The van der Waals surface area contributed by atoms with Crippen molar-refractivity contribution >= 4 is 14.5 Å². The van der Waals surface area contributed by atoms with Crippen molar-refractivity contribution in [3.63, 3.8) is 0 Å². The SMILES string of the molecule is Cc1cc(CNC(Cn2nc(-c3ccncc3)cc2Cc2ccc(P)cc2)=C2CC2)on1. The van der Waals surface area contributed by atoms with E-state index in [-0.39, 0.29) is 0 Å². The summed E-state index contributed by atoms with van der Waals surface area (Å²) in [6, 6.07) is 16.8. The van der Waals surface area contributed by atoms with Crippen molar-refractivity contribution in [2.45, 2.75) is 39.3 Å². The Hall–Kier alpha value is -3.24. The number of allylic oxidation sites excluding steroid dienone is 2. The first kappa shape index (κ1) is 20.7. The van der Waals surface area contributed by atoms with Gasteiger partial charge < -0.3 is 9.84 Å². The number of aryl methyl sites for hydroxylation is 1. The predicted octanol–water partition coefficient (Wildman–Crippen LogP) is 4.17. The fourth-order valence-electron chi connectivity index (χ4n) is 3.74. The van der Waals surface area contributed by atoms with Gasteiger partial charge in [0, 0.05) is 41.8 Å². The van der Waals surface area contributed by atoms with Crippen molar-refractivity contribution in [2.75, 3.05) is 0 Å². The number of pyridine rings is 1. The lowest BCUT2D eigenvalue weighted by Crippen LogP contribution is -2.19. The second kappa shape index (κ2) is 9.09. The molecule has 1 aliphatic carbocycles. The zero-order valence-corrected chi connectivity index (χ0v) is 19.2. The lowest BCUT2D eigenvalue weighted by molar-refractivity contribution is 0.372. The maximum atomic E-state index is 5.37. The average Bonchev–Trinajstić information content (AvgIpc) is 3.46. The van der Waals surface area contributed by atoms with Gasteiger partial charge in [0.05, 0.1) is 24.5 Å². The van der Waals surface area contributed by atoms with E-state index in [1.54, 1.807) is 0 Å². The zero-order chi connectivity index (χ0) is 21.9. The monoisotopic (exact) mass is 443 g/mol. The number of hydrogen-bond donors (Lipinski definition) is 1. The van der Waals surface area contributed by atoms with E-state index in [1.807, 2.05) is 37.5 Å². The zero-order valence-electron chi connectivity index (χ0n) is 18.1. The normalized spacial score (nSPS) is 12.8. The molecule has 32 heavy (non-hydrogen) atoms. The van der Waals surface area contributed by atoms with Crippen LogP contribution in [0.3, 0.4) is 0 Å². The van der Waals surface area contributed by atoms with Crippen molar-refractivity contribution in [3.8, 4) is 11.3 Å². The van der Waals surface area contributed by atoms with Crippen molar-refractivity contribution in [1.29, 1.82) is 0 Å². The minimum Gasteiger partial charge on any atom is -0.379 e. The first-order valence-electron chi connectivity index (χ1n) is 10.8. The van der Waals surface area contributed by atoms with E-state index in [4.69, 9.17) is 9.62 Å². The summed E-state index contributed by atoms with van der Waals surface area (Å²) in [4.78, 5) is 4.14. The molecule has 1 N–H and O–H groups in total. The summed E-state index contributed by atoms with van der Waals surface area (Å²) in [6.07, 6.45) is 6.73. The van der Waals surface area contributed by atoms with E-state index in [0.717, 1.165) is 42.0 Å². The smallest absolute Gasteiger partial charge is 0.155 e. The van der Waals surface area contributed by atoms with E-state index >= 15 is 0 Å². The van der Waals surface area contributed by atoms with Gasteiger partial charge in [0.25, 0.3) is 0 Å². The van der Waals surface area contributed by atoms with Gasteiger partial charge >= 0.3 is 0 Å². The van der Waals surface area contributed by atoms with E-state index in [9.17, 15) is 0 Å². The van der Waals surface area contributed by atoms with Crippen LogP contribution in [0.15, 0.2) is 76.7 Å². The summed E-state index contributed by atoms with van der Waals surface area (Å²) < 4.78 is 7.50. The minimum atomic E-state index is 0.628. The van der Waals surface area contributed by atoms with Gasteiger partial charge in [-0.25, -0.2) is 0 Å². The summed E-state index contributed by atoms with van der Waals surface area (Å²) in [5, 5.41) is 13.7. The maximum absolute atomic E-state index is 5.37. The minimum absolute atomic E-state index is 0.628. The van der Waals surface area contributed by atoms with Gasteiger partial charge in [-0.05, 0) is 54.4 Å². The second-order valence-electron chi connectivity index (χ2n) is 8.20. The Labute approximate surface area is 189 Å². The van der Waals surface area contributed by atoms with E-state index in [1.165, 1.54) is 27.8 Å². The molecule has 0 radical (unpaired) electrons. The summed E-state index contributed by atoms with van der Waals surface area (Å²) in [7, 11) is 2.74. The molecule has 3 heterocycles.